The molecule has 1 heterocycles. The SMILES string of the molecule is Cc1c(C)c(C)c(Cn2c(=O)c(C(=O)O)cc3ccccc32)c(C)c1C. The van der Waals surface area contributed by atoms with Crippen molar-refractivity contribution in [3.8, 4) is 0 Å². The summed E-state index contributed by atoms with van der Waals surface area (Å²) in [5.41, 5.74) is 7.18. The second-order valence-corrected chi connectivity index (χ2v) is 6.92. The molecule has 0 fully saturated rings. The highest BCUT2D eigenvalue weighted by Crippen LogP contribution is 2.27. The lowest BCUT2D eigenvalue weighted by Crippen LogP contribution is -2.27. The molecule has 0 aliphatic heterocycles. The molecule has 0 aliphatic carbocycles. The molecule has 0 bridgehead atoms. The van der Waals surface area contributed by atoms with Crippen molar-refractivity contribution < 1.29 is 9.90 Å². The number of rotatable bonds is 3. The molecule has 0 saturated heterocycles. The number of para-hydroxylation sites is 1. The number of nitrogens with zero attached hydrogens (tertiary/aromatic N) is 1. The summed E-state index contributed by atoms with van der Waals surface area (Å²) < 4.78 is 1.59. The number of benzene rings is 2. The van der Waals surface area contributed by atoms with Gasteiger partial charge in [0.05, 0.1) is 12.1 Å². The van der Waals surface area contributed by atoms with Crippen molar-refractivity contribution in [3.63, 3.8) is 0 Å². The first-order chi connectivity index (χ1) is 12.2. The zero-order valence-electron chi connectivity index (χ0n) is 15.8. The number of aromatic nitrogens is 1. The Kier molecular flexibility index (Phi) is 4.45. The molecule has 0 unspecified atom stereocenters. The normalized spacial score (nSPS) is 11.1. The molecular formula is C22H23NO3. The molecule has 1 N–H and O–H groups in total. The van der Waals surface area contributed by atoms with Crippen LogP contribution >= 0.6 is 0 Å². The van der Waals surface area contributed by atoms with Crippen molar-refractivity contribution in [3.05, 3.63) is 79.6 Å². The molecule has 3 rings (SSSR count). The Hall–Kier alpha value is -2.88. The Bertz CT molecular complexity index is 1080. The second-order valence-electron chi connectivity index (χ2n) is 6.92. The van der Waals surface area contributed by atoms with Crippen LogP contribution in [0.3, 0.4) is 0 Å². The monoisotopic (exact) mass is 349 g/mol. The molecule has 0 saturated carbocycles. The Labute approximate surface area is 152 Å². The number of fused-ring (bicyclic) bond motifs is 1. The van der Waals surface area contributed by atoms with Crippen LogP contribution in [0.15, 0.2) is 35.1 Å². The van der Waals surface area contributed by atoms with Crippen LogP contribution in [-0.2, 0) is 6.54 Å². The zero-order valence-corrected chi connectivity index (χ0v) is 15.8. The van der Waals surface area contributed by atoms with Crippen LogP contribution in [0.5, 0.6) is 0 Å². The maximum absolute atomic E-state index is 12.9. The number of aromatic carboxylic acids is 1. The van der Waals surface area contributed by atoms with Gasteiger partial charge in [-0.2, -0.15) is 0 Å². The molecule has 0 aliphatic rings. The van der Waals surface area contributed by atoms with Crippen LogP contribution < -0.4 is 5.56 Å². The molecule has 3 aromatic rings. The molecule has 0 spiro atoms. The Morgan fingerprint density at radius 3 is 2.04 bits per heavy atom. The summed E-state index contributed by atoms with van der Waals surface area (Å²) in [5, 5.41) is 10.2. The minimum absolute atomic E-state index is 0.195. The molecule has 2 aromatic carbocycles. The highest BCUT2D eigenvalue weighted by molar-refractivity contribution is 5.92. The summed E-state index contributed by atoms with van der Waals surface area (Å²) in [4.78, 5) is 24.4. The van der Waals surface area contributed by atoms with Gasteiger partial charge < -0.3 is 9.67 Å². The molecule has 0 atom stereocenters. The molecule has 26 heavy (non-hydrogen) atoms. The quantitative estimate of drug-likeness (QED) is 0.767. The summed E-state index contributed by atoms with van der Waals surface area (Å²) >= 11 is 0. The van der Waals surface area contributed by atoms with Crippen LogP contribution in [0.1, 0.15) is 43.7 Å². The first-order valence-corrected chi connectivity index (χ1v) is 8.65. The summed E-state index contributed by atoms with van der Waals surface area (Å²) in [7, 11) is 0. The Morgan fingerprint density at radius 2 is 1.46 bits per heavy atom. The van der Waals surface area contributed by atoms with Crippen LogP contribution in [-0.4, -0.2) is 15.6 Å². The lowest BCUT2D eigenvalue weighted by atomic mass is 9.89. The van der Waals surface area contributed by atoms with Gasteiger partial charge in [-0.05, 0) is 85.5 Å². The van der Waals surface area contributed by atoms with Gasteiger partial charge in [0.15, 0.2) is 0 Å². The number of carboxylic acids is 1. The highest BCUT2D eigenvalue weighted by Gasteiger charge is 2.18. The molecule has 4 heteroatoms. The van der Waals surface area contributed by atoms with E-state index in [0.29, 0.717) is 6.54 Å². The van der Waals surface area contributed by atoms with E-state index >= 15 is 0 Å². The van der Waals surface area contributed by atoms with E-state index in [1.807, 2.05) is 24.3 Å². The number of carbonyl (C=O) groups is 1. The molecule has 134 valence electrons. The van der Waals surface area contributed by atoms with Crippen LogP contribution in [0, 0.1) is 34.6 Å². The van der Waals surface area contributed by atoms with Crippen molar-refractivity contribution in [1.82, 2.24) is 4.57 Å². The van der Waals surface area contributed by atoms with Gasteiger partial charge in [-0.3, -0.25) is 4.79 Å². The first kappa shape index (κ1) is 17.9. The van der Waals surface area contributed by atoms with Crippen molar-refractivity contribution in [2.45, 2.75) is 41.2 Å². The van der Waals surface area contributed by atoms with Gasteiger partial charge in [-0.15, -0.1) is 0 Å². The molecular weight excluding hydrogens is 326 g/mol. The molecule has 4 nitrogen and oxygen atoms in total. The number of pyridine rings is 1. The highest BCUT2D eigenvalue weighted by atomic mass is 16.4. The summed E-state index contributed by atoms with van der Waals surface area (Å²) in [6.07, 6.45) is 0. The molecule has 0 amide bonds. The predicted octanol–water partition coefficient (Wildman–Crippen LogP) is 4.29. The Morgan fingerprint density at radius 1 is 0.923 bits per heavy atom. The van der Waals surface area contributed by atoms with E-state index in [9.17, 15) is 14.7 Å². The third-order valence-corrected chi connectivity index (χ3v) is 5.70. The summed E-state index contributed by atoms with van der Waals surface area (Å²) in [5.74, 6) is -1.20. The first-order valence-electron chi connectivity index (χ1n) is 8.65. The van der Waals surface area contributed by atoms with Crippen molar-refractivity contribution in [2.24, 2.45) is 0 Å². The van der Waals surface area contributed by atoms with Gasteiger partial charge in [0.1, 0.15) is 5.56 Å². The third kappa shape index (κ3) is 2.71. The fraction of sp³-hybridized carbons (Fsp3) is 0.273. The number of hydrogen-bond donors (Lipinski definition) is 1. The maximum Gasteiger partial charge on any atom is 0.341 e. The minimum Gasteiger partial charge on any atom is -0.477 e. The maximum atomic E-state index is 12.9. The number of carboxylic acid groups (broad SMARTS) is 1. The average molecular weight is 349 g/mol. The van der Waals surface area contributed by atoms with Crippen LogP contribution in [0.25, 0.3) is 10.9 Å². The fourth-order valence-electron chi connectivity index (χ4n) is 3.61. The van der Waals surface area contributed by atoms with Gasteiger partial charge in [0.25, 0.3) is 5.56 Å². The average Bonchev–Trinajstić information content (AvgIpc) is 2.62. The minimum atomic E-state index is -1.20. The van der Waals surface area contributed by atoms with Crippen LogP contribution in [0.4, 0.5) is 0 Å². The van der Waals surface area contributed by atoms with Crippen molar-refractivity contribution in [2.75, 3.05) is 0 Å². The van der Waals surface area contributed by atoms with Gasteiger partial charge in [0, 0.05) is 0 Å². The summed E-state index contributed by atoms with van der Waals surface area (Å²) in [6, 6.07) is 8.87. The fourth-order valence-corrected chi connectivity index (χ4v) is 3.61. The number of hydrogen-bond acceptors (Lipinski definition) is 2. The van der Waals surface area contributed by atoms with Gasteiger partial charge in [0.2, 0.25) is 0 Å². The largest absolute Gasteiger partial charge is 0.477 e. The van der Waals surface area contributed by atoms with Crippen molar-refractivity contribution >= 4 is 16.9 Å². The van der Waals surface area contributed by atoms with E-state index in [1.165, 1.54) is 22.8 Å². The van der Waals surface area contributed by atoms with Gasteiger partial charge >= 0.3 is 5.97 Å². The zero-order chi connectivity index (χ0) is 19.2. The van der Waals surface area contributed by atoms with Crippen LogP contribution in [0.2, 0.25) is 0 Å². The van der Waals surface area contributed by atoms with E-state index in [2.05, 4.69) is 34.6 Å². The van der Waals surface area contributed by atoms with Gasteiger partial charge in [-0.1, -0.05) is 18.2 Å². The smallest absolute Gasteiger partial charge is 0.341 e. The third-order valence-electron chi connectivity index (χ3n) is 5.70. The van der Waals surface area contributed by atoms with Gasteiger partial charge in [-0.25, -0.2) is 4.79 Å². The summed E-state index contributed by atoms with van der Waals surface area (Å²) in [6.45, 7) is 10.8. The van der Waals surface area contributed by atoms with E-state index in [1.54, 1.807) is 4.57 Å². The lowest BCUT2D eigenvalue weighted by molar-refractivity contribution is 0.0694. The van der Waals surface area contributed by atoms with E-state index in [-0.39, 0.29) is 5.56 Å². The molecule has 1 aromatic heterocycles. The Balaban J connectivity index is 2.33. The second kappa shape index (κ2) is 6.45. The van der Waals surface area contributed by atoms with E-state index < -0.39 is 11.5 Å². The van der Waals surface area contributed by atoms with Crippen molar-refractivity contribution in [1.29, 1.82) is 0 Å². The standard InChI is InChI=1S/C22H23NO3/c1-12-13(2)15(4)19(16(5)14(12)3)11-23-20-9-7-6-8-17(20)10-18(21(23)24)22(25)26/h6-10H,11H2,1-5H3,(H,25,26). The topological polar surface area (TPSA) is 59.3 Å². The predicted molar refractivity (Wildman–Crippen MR) is 104 cm³/mol. The molecule has 0 radical (unpaired) electrons. The lowest BCUT2D eigenvalue weighted by Gasteiger charge is -2.20. The van der Waals surface area contributed by atoms with E-state index in [0.717, 1.165) is 27.6 Å². The van der Waals surface area contributed by atoms with E-state index in [4.69, 9.17) is 0 Å².